The number of benzene rings is 1. The van der Waals surface area contributed by atoms with Crippen LogP contribution in [0.2, 0.25) is 0 Å². The quantitative estimate of drug-likeness (QED) is 0.861. The summed E-state index contributed by atoms with van der Waals surface area (Å²) >= 11 is 0. The average Bonchev–Trinajstić information content (AvgIpc) is 2.82. The van der Waals surface area contributed by atoms with E-state index >= 15 is 0 Å². The van der Waals surface area contributed by atoms with Crippen LogP contribution in [0.3, 0.4) is 0 Å². The fraction of sp³-hybridized carbons (Fsp3) is 0.214. The van der Waals surface area contributed by atoms with Crippen molar-refractivity contribution in [1.82, 2.24) is 9.88 Å². The van der Waals surface area contributed by atoms with Crippen LogP contribution in [0.4, 0.5) is 0 Å². The molecular weight excluding hydrogens is 212 g/mol. The lowest BCUT2D eigenvalue weighted by Crippen LogP contribution is -2.23. The van der Waals surface area contributed by atoms with Gasteiger partial charge < -0.3 is 9.88 Å². The van der Waals surface area contributed by atoms with Crippen molar-refractivity contribution >= 4 is 5.91 Å². The molecule has 1 N–H and O–H groups in total. The van der Waals surface area contributed by atoms with Crippen LogP contribution in [0.25, 0.3) is 5.69 Å². The van der Waals surface area contributed by atoms with E-state index in [-0.39, 0.29) is 11.9 Å². The number of hydrogen-bond donors (Lipinski definition) is 1. The lowest BCUT2D eigenvalue weighted by molar-refractivity contribution is -0.119. The van der Waals surface area contributed by atoms with Gasteiger partial charge in [-0.3, -0.25) is 4.79 Å². The van der Waals surface area contributed by atoms with Gasteiger partial charge in [0.25, 0.3) is 0 Å². The molecule has 88 valence electrons. The van der Waals surface area contributed by atoms with E-state index in [0.717, 1.165) is 11.3 Å². The summed E-state index contributed by atoms with van der Waals surface area (Å²) < 4.78 is 2.05. The number of rotatable bonds is 3. The van der Waals surface area contributed by atoms with Crippen LogP contribution in [0.5, 0.6) is 0 Å². The standard InChI is InChI=1S/C14H16N2O/c1-11(15-12(2)17)13-5-7-14(8-6-13)16-9-3-4-10-16/h3-11H,1-2H3,(H,15,17)/t11-/m1/s1. The van der Waals surface area contributed by atoms with Gasteiger partial charge in [0, 0.05) is 25.0 Å². The maximum Gasteiger partial charge on any atom is 0.217 e. The van der Waals surface area contributed by atoms with Crippen LogP contribution in [0.1, 0.15) is 25.5 Å². The number of hydrogen-bond acceptors (Lipinski definition) is 1. The predicted molar refractivity (Wildman–Crippen MR) is 68.0 cm³/mol. The first-order chi connectivity index (χ1) is 8.16. The van der Waals surface area contributed by atoms with Crippen LogP contribution < -0.4 is 5.32 Å². The number of nitrogens with zero attached hydrogens (tertiary/aromatic N) is 1. The van der Waals surface area contributed by atoms with Crippen molar-refractivity contribution < 1.29 is 4.79 Å². The Hall–Kier alpha value is -2.03. The number of aromatic nitrogens is 1. The third-order valence-electron chi connectivity index (χ3n) is 2.72. The minimum absolute atomic E-state index is 0.00742. The molecule has 1 aromatic carbocycles. The van der Waals surface area contributed by atoms with Gasteiger partial charge in [0.2, 0.25) is 5.91 Å². The topological polar surface area (TPSA) is 34.0 Å². The van der Waals surface area contributed by atoms with Crippen molar-refractivity contribution in [1.29, 1.82) is 0 Å². The van der Waals surface area contributed by atoms with Crippen LogP contribution in [-0.2, 0) is 4.79 Å². The molecule has 0 aliphatic rings. The van der Waals surface area contributed by atoms with Crippen LogP contribution in [0.15, 0.2) is 48.8 Å². The maximum atomic E-state index is 11.0. The molecule has 0 aliphatic heterocycles. The summed E-state index contributed by atoms with van der Waals surface area (Å²) in [6.07, 6.45) is 4.01. The molecule has 2 rings (SSSR count). The third-order valence-corrected chi connectivity index (χ3v) is 2.72. The SMILES string of the molecule is CC(=O)N[C@H](C)c1ccc(-n2cccc2)cc1. The van der Waals surface area contributed by atoms with Crippen molar-refractivity contribution in [2.24, 2.45) is 0 Å². The Balaban J connectivity index is 2.15. The Labute approximate surface area is 101 Å². The van der Waals surface area contributed by atoms with Gasteiger partial charge in [-0.15, -0.1) is 0 Å². The van der Waals surface area contributed by atoms with E-state index < -0.39 is 0 Å². The number of carbonyl (C=O) groups excluding carboxylic acids is 1. The molecule has 0 radical (unpaired) electrons. The van der Waals surface area contributed by atoms with Gasteiger partial charge >= 0.3 is 0 Å². The molecule has 0 fully saturated rings. The van der Waals surface area contributed by atoms with Gasteiger partial charge in [-0.1, -0.05) is 12.1 Å². The minimum Gasteiger partial charge on any atom is -0.350 e. The summed E-state index contributed by atoms with van der Waals surface area (Å²) in [5.74, 6) is -0.00742. The molecule has 2 aromatic rings. The zero-order valence-electron chi connectivity index (χ0n) is 10.1. The van der Waals surface area contributed by atoms with Crippen molar-refractivity contribution in [2.45, 2.75) is 19.9 Å². The lowest BCUT2D eigenvalue weighted by atomic mass is 10.1. The molecule has 1 heterocycles. The Bertz CT molecular complexity index is 485. The highest BCUT2D eigenvalue weighted by atomic mass is 16.1. The number of amides is 1. The Kier molecular flexibility index (Phi) is 3.28. The van der Waals surface area contributed by atoms with E-state index in [4.69, 9.17) is 0 Å². The molecule has 1 atom stereocenters. The molecule has 0 unspecified atom stereocenters. The Morgan fingerprint density at radius 1 is 1.18 bits per heavy atom. The summed E-state index contributed by atoms with van der Waals surface area (Å²) in [6.45, 7) is 3.51. The molecule has 1 amide bonds. The van der Waals surface area contributed by atoms with E-state index in [2.05, 4.69) is 5.32 Å². The number of nitrogens with one attached hydrogen (secondary N) is 1. The van der Waals surface area contributed by atoms with Crippen molar-refractivity contribution in [3.63, 3.8) is 0 Å². The van der Waals surface area contributed by atoms with Crippen LogP contribution in [0, 0.1) is 0 Å². The highest BCUT2D eigenvalue weighted by Gasteiger charge is 2.06. The Morgan fingerprint density at radius 2 is 1.76 bits per heavy atom. The van der Waals surface area contributed by atoms with Crippen molar-refractivity contribution in [2.75, 3.05) is 0 Å². The van der Waals surface area contributed by atoms with E-state index in [0.29, 0.717) is 0 Å². The smallest absolute Gasteiger partial charge is 0.217 e. The second-order valence-corrected chi connectivity index (χ2v) is 4.10. The molecule has 0 saturated carbocycles. The molecule has 17 heavy (non-hydrogen) atoms. The van der Waals surface area contributed by atoms with E-state index in [1.54, 1.807) is 0 Å². The average molecular weight is 228 g/mol. The van der Waals surface area contributed by atoms with Gasteiger partial charge in [0.1, 0.15) is 0 Å². The molecule has 0 spiro atoms. The fourth-order valence-corrected chi connectivity index (χ4v) is 1.83. The molecule has 3 heteroatoms. The second kappa shape index (κ2) is 4.87. The number of carbonyl (C=O) groups is 1. The van der Waals surface area contributed by atoms with E-state index in [1.807, 2.05) is 60.3 Å². The molecule has 3 nitrogen and oxygen atoms in total. The normalized spacial score (nSPS) is 12.1. The summed E-state index contributed by atoms with van der Waals surface area (Å²) in [7, 11) is 0. The zero-order valence-corrected chi connectivity index (χ0v) is 10.1. The molecule has 1 aromatic heterocycles. The van der Waals surface area contributed by atoms with Crippen molar-refractivity contribution in [3.8, 4) is 5.69 Å². The molecule has 0 saturated heterocycles. The van der Waals surface area contributed by atoms with Crippen LogP contribution in [-0.4, -0.2) is 10.5 Å². The first kappa shape index (κ1) is 11.5. The Morgan fingerprint density at radius 3 is 2.29 bits per heavy atom. The van der Waals surface area contributed by atoms with E-state index in [9.17, 15) is 4.79 Å². The van der Waals surface area contributed by atoms with Gasteiger partial charge in [0.05, 0.1) is 6.04 Å². The monoisotopic (exact) mass is 228 g/mol. The third kappa shape index (κ3) is 2.75. The fourth-order valence-electron chi connectivity index (χ4n) is 1.83. The molecule has 0 bridgehead atoms. The summed E-state index contributed by atoms with van der Waals surface area (Å²) in [6, 6.07) is 12.2. The lowest BCUT2D eigenvalue weighted by Gasteiger charge is -2.13. The highest BCUT2D eigenvalue weighted by Crippen LogP contribution is 2.15. The first-order valence-corrected chi connectivity index (χ1v) is 5.67. The minimum atomic E-state index is -0.00742. The first-order valence-electron chi connectivity index (χ1n) is 5.67. The predicted octanol–water partition coefficient (Wildman–Crippen LogP) is 2.67. The molecule has 0 aliphatic carbocycles. The zero-order chi connectivity index (χ0) is 12.3. The van der Waals surface area contributed by atoms with Gasteiger partial charge in [-0.25, -0.2) is 0 Å². The van der Waals surface area contributed by atoms with Crippen LogP contribution >= 0.6 is 0 Å². The van der Waals surface area contributed by atoms with E-state index in [1.165, 1.54) is 6.92 Å². The highest BCUT2D eigenvalue weighted by molar-refractivity contribution is 5.73. The summed E-state index contributed by atoms with van der Waals surface area (Å²) in [4.78, 5) is 11.0. The maximum absolute atomic E-state index is 11.0. The molecular formula is C14H16N2O. The summed E-state index contributed by atoms with van der Waals surface area (Å²) in [5.41, 5.74) is 2.23. The summed E-state index contributed by atoms with van der Waals surface area (Å²) in [5, 5.41) is 2.87. The van der Waals surface area contributed by atoms with Gasteiger partial charge in [0.15, 0.2) is 0 Å². The van der Waals surface area contributed by atoms with Gasteiger partial charge in [-0.05, 0) is 36.8 Å². The second-order valence-electron chi connectivity index (χ2n) is 4.10. The largest absolute Gasteiger partial charge is 0.350 e. The van der Waals surface area contributed by atoms with Crippen molar-refractivity contribution in [3.05, 3.63) is 54.4 Å². The van der Waals surface area contributed by atoms with Gasteiger partial charge in [-0.2, -0.15) is 0 Å².